The minimum atomic E-state index is -0.137. The molecule has 1 fully saturated rings. The number of hydrogen-bond acceptors (Lipinski definition) is 8. The molecule has 0 unspecified atom stereocenters. The van der Waals surface area contributed by atoms with E-state index in [1.54, 1.807) is 0 Å². The molecule has 1 aliphatic carbocycles. The minimum Gasteiger partial charge on any atom is -0.301 e. The molecule has 2 amide bonds. The highest BCUT2D eigenvalue weighted by molar-refractivity contribution is 8.01. The van der Waals surface area contributed by atoms with Crippen molar-refractivity contribution in [2.75, 3.05) is 16.4 Å². The fourth-order valence-corrected chi connectivity index (χ4v) is 4.84. The van der Waals surface area contributed by atoms with Crippen molar-refractivity contribution in [1.29, 1.82) is 0 Å². The SMILES string of the molecule is Cc1csc(NC(=O)CSc2nnc(NC(=O)C3CCCCC3)s2)n1. The number of hydrogen-bond donors (Lipinski definition) is 2. The van der Waals surface area contributed by atoms with Gasteiger partial charge in [-0.2, -0.15) is 0 Å². The highest BCUT2D eigenvalue weighted by Crippen LogP contribution is 2.28. The summed E-state index contributed by atoms with van der Waals surface area (Å²) < 4.78 is 0.657. The van der Waals surface area contributed by atoms with Gasteiger partial charge in [-0.15, -0.1) is 21.5 Å². The summed E-state index contributed by atoms with van der Waals surface area (Å²) in [5, 5.41) is 16.6. The van der Waals surface area contributed by atoms with Crippen LogP contribution in [0.4, 0.5) is 10.3 Å². The molecule has 134 valence electrons. The van der Waals surface area contributed by atoms with Crippen molar-refractivity contribution in [3.8, 4) is 0 Å². The Kier molecular flexibility index (Phi) is 6.38. The first-order chi connectivity index (χ1) is 12.1. The highest BCUT2D eigenvalue weighted by atomic mass is 32.2. The first-order valence-electron chi connectivity index (χ1n) is 8.09. The third-order valence-electron chi connectivity index (χ3n) is 3.80. The average molecular weight is 398 g/mol. The number of aryl methyl sites for hydroxylation is 1. The largest absolute Gasteiger partial charge is 0.301 e. The van der Waals surface area contributed by atoms with Gasteiger partial charge in [0.05, 0.1) is 11.4 Å². The van der Waals surface area contributed by atoms with E-state index in [2.05, 4.69) is 25.8 Å². The third kappa shape index (κ3) is 5.48. The van der Waals surface area contributed by atoms with Crippen LogP contribution in [0.2, 0.25) is 0 Å². The van der Waals surface area contributed by atoms with Crippen LogP contribution in [0.15, 0.2) is 9.72 Å². The van der Waals surface area contributed by atoms with Crippen LogP contribution >= 0.6 is 34.4 Å². The number of nitrogens with one attached hydrogen (secondary N) is 2. The summed E-state index contributed by atoms with van der Waals surface area (Å²) in [6.07, 6.45) is 5.34. The Morgan fingerprint density at radius 2 is 2.00 bits per heavy atom. The van der Waals surface area contributed by atoms with Crippen molar-refractivity contribution in [3.63, 3.8) is 0 Å². The number of thiazole rings is 1. The normalized spacial score (nSPS) is 15.1. The van der Waals surface area contributed by atoms with Gasteiger partial charge in [-0.1, -0.05) is 42.4 Å². The predicted molar refractivity (Wildman–Crippen MR) is 101 cm³/mol. The van der Waals surface area contributed by atoms with Gasteiger partial charge in [-0.3, -0.25) is 9.59 Å². The standard InChI is InChI=1S/C15H19N5O2S3/c1-9-7-23-13(16-9)17-11(21)8-24-15-20-19-14(25-15)18-12(22)10-5-3-2-4-6-10/h7,10H,2-6,8H2,1H3,(H,16,17,21)(H,18,19,22). The Morgan fingerprint density at radius 1 is 1.20 bits per heavy atom. The lowest BCUT2D eigenvalue weighted by molar-refractivity contribution is -0.120. The van der Waals surface area contributed by atoms with Crippen LogP contribution in [0.1, 0.15) is 37.8 Å². The molecule has 25 heavy (non-hydrogen) atoms. The summed E-state index contributed by atoms with van der Waals surface area (Å²) in [5.41, 5.74) is 0.885. The van der Waals surface area contributed by atoms with Gasteiger partial charge in [-0.25, -0.2) is 4.98 Å². The highest BCUT2D eigenvalue weighted by Gasteiger charge is 2.22. The van der Waals surface area contributed by atoms with Crippen LogP contribution in [0, 0.1) is 12.8 Å². The van der Waals surface area contributed by atoms with E-state index in [-0.39, 0.29) is 23.5 Å². The van der Waals surface area contributed by atoms with Crippen molar-refractivity contribution in [2.24, 2.45) is 5.92 Å². The summed E-state index contributed by atoms with van der Waals surface area (Å²) >= 11 is 3.99. The third-order valence-corrected chi connectivity index (χ3v) is 6.65. The second-order valence-electron chi connectivity index (χ2n) is 5.83. The zero-order valence-corrected chi connectivity index (χ0v) is 16.2. The maximum atomic E-state index is 12.2. The van der Waals surface area contributed by atoms with Gasteiger partial charge in [0.1, 0.15) is 0 Å². The zero-order valence-electron chi connectivity index (χ0n) is 13.8. The number of carbonyl (C=O) groups excluding carboxylic acids is 2. The van der Waals surface area contributed by atoms with E-state index in [1.807, 2.05) is 12.3 Å². The van der Waals surface area contributed by atoms with Gasteiger partial charge >= 0.3 is 0 Å². The van der Waals surface area contributed by atoms with Crippen LogP contribution in [-0.4, -0.2) is 32.7 Å². The van der Waals surface area contributed by atoms with Crippen LogP contribution in [-0.2, 0) is 9.59 Å². The molecule has 10 heteroatoms. The molecule has 7 nitrogen and oxygen atoms in total. The number of rotatable bonds is 6. The van der Waals surface area contributed by atoms with Crippen molar-refractivity contribution >= 4 is 56.5 Å². The van der Waals surface area contributed by atoms with E-state index in [0.717, 1.165) is 31.4 Å². The maximum Gasteiger partial charge on any atom is 0.236 e. The van der Waals surface area contributed by atoms with Crippen molar-refractivity contribution in [1.82, 2.24) is 15.2 Å². The molecule has 0 saturated heterocycles. The van der Waals surface area contributed by atoms with Crippen molar-refractivity contribution in [3.05, 3.63) is 11.1 Å². The van der Waals surface area contributed by atoms with E-state index in [1.165, 1.54) is 40.9 Å². The topological polar surface area (TPSA) is 96.9 Å². The number of carbonyl (C=O) groups is 2. The summed E-state index contributed by atoms with van der Waals surface area (Å²) in [5.74, 6) is 0.206. The molecule has 1 aliphatic rings. The molecule has 3 rings (SSSR count). The second-order valence-corrected chi connectivity index (χ2v) is 8.89. The lowest BCUT2D eigenvalue weighted by Crippen LogP contribution is -2.24. The van der Waals surface area contributed by atoms with Crippen LogP contribution in [0.25, 0.3) is 0 Å². The molecule has 2 aromatic heterocycles. The molecule has 0 radical (unpaired) electrons. The minimum absolute atomic E-state index is 0.0317. The summed E-state index contributed by atoms with van der Waals surface area (Å²) in [7, 11) is 0. The van der Waals surface area contributed by atoms with Gasteiger partial charge in [0.25, 0.3) is 0 Å². The maximum absolute atomic E-state index is 12.2. The Morgan fingerprint density at radius 3 is 2.72 bits per heavy atom. The lowest BCUT2D eigenvalue weighted by atomic mass is 9.89. The first-order valence-corrected chi connectivity index (χ1v) is 10.8. The molecule has 0 aliphatic heterocycles. The van der Waals surface area contributed by atoms with Crippen LogP contribution < -0.4 is 10.6 Å². The zero-order chi connectivity index (χ0) is 17.6. The Hall–Kier alpha value is -1.52. The Labute approximate surface area is 158 Å². The lowest BCUT2D eigenvalue weighted by Gasteiger charge is -2.19. The molecule has 2 heterocycles. The van der Waals surface area contributed by atoms with Gasteiger partial charge in [0.15, 0.2) is 9.47 Å². The van der Waals surface area contributed by atoms with Crippen LogP contribution in [0.5, 0.6) is 0 Å². The molecule has 1 saturated carbocycles. The van der Waals surface area contributed by atoms with Gasteiger partial charge in [0.2, 0.25) is 16.9 Å². The smallest absolute Gasteiger partial charge is 0.236 e. The second kappa shape index (κ2) is 8.72. The number of aromatic nitrogens is 3. The van der Waals surface area contributed by atoms with Gasteiger partial charge in [-0.05, 0) is 19.8 Å². The molecule has 0 atom stereocenters. The van der Waals surface area contributed by atoms with Gasteiger partial charge < -0.3 is 10.6 Å². The molecule has 2 N–H and O–H groups in total. The molecule has 2 aromatic rings. The fraction of sp³-hybridized carbons (Fsp3) is 0.533. The monoisotopic (exact) mass is 397 g/mol. The average Bonchev–Trinajstić information content (AvgIpc) is 3.22. The molecular weight excluding hydrogens is 378 g/mol. The van der Waals surface area contributed by atoms with Gasteiger partial charge in [0, 0.05) is 11.3 Å². The number of amides is 2. The van der Waals surface area contributed by atoms with E-state index in [0.29, 0.717) is 14.6 Å². The van der Waals surface area contributed by atoms with E-state index in [9.17, 15) is 9.59 Å². The van der Waals surface area contributed by atoms with Crippen molar-refractivity contribution in [2.45, 2.75) is 43.4 Å². The molecule has 0 bridgehead atoms. The van der Waals surface area contributed by atoms with Crippen LogP contribution in [0.3, 0.4) is 0 Å². The van der Waals surface area contributed by atoms with E-state index >= 15 is 0 Å². The Balaban J connectivity index is 1.44. The predicted octanol–water partition coefficient (Wildman–Crippen LogP) is 3.55. The summed E-state index contributed by atoms with van der Waals surface area (Å²) in [6.45, 7) is 1.88. The molecule has 0 aromatic carbocycles. The molecule has 0 spiro atoms. The van der Waals surface area contributed by atoms with E-state index < -0.39 is 0 Å². The number of nitrogens with zero attached hydrogens (tertiary/aromatic N) is 3. The first kappa shape index (κ1) is 18.3. The van der Waals surface area contributed by atoms with E-state index in [4.69, 9.17) is 0 Å². The summed E-state index contributed by atoms with van der Waals surface area (Å²) in [4.78, 5) is 28.3. The molecular formula is C15H19N5O2S3. The number of thioether (sulfide) groups is 1. The summed E-state index contributed by atoms with van der Waals surface area (Å²) in [6, 6.07) is 0. The fourth-order valence-electron chi connectivity index (χ4n) is 2.58. The van der Waals surface area contributed by atoms with Crippen molar-refractivity contribution < 1.29 is 9.59 Å². The Bertz CT molecular complexity index is 739. The quantitative estimate of drug-likeness (QED) is 0.571. The number of anilines is 2.